The van der Waals surface area contributed by atoms with Crippen molar-refractivity contribution in [1.82, 2.24) is 25.1 Å². The third-order valence-electron chi connectivity index (χ3n) is 6.40. The van der Waals surface area contributed by atoms with Gasteiger partial charge in [0.25, 0.3) is 0 Å². The summed E-state index contributed by atoms with van der Waals surface area (Å²) in [5.74, 6) is 0.230. The van der Waals surface area contributed by atoms with Crippen molar-refractivity contribution < 1.29 is 14.4 Å². The second-order valence-corrected chi connectivity index (χ2v) is 8.34. The predicted molar refractivity (Wildman–Crippen MR) is 108 cm³/mol. The lowest BCUT2D eigenvalue weighted by Crippen LogP contribution is -2.51. The van der Waals surface area contributed by atoms with E-state index in [0.717, 1.165) is 42.5 Å². The molecule has 1 aromatic heterocycles. The molecule has 30 heavy (non-hydrogen) atoms. The van der Waals surface area contributed by atoms with Crippen molar-refractivity contribution in [1.29, 1.82) is 0 Å². The number of hydrogen-bond donors (Lipinski definition) is 1. The molecule has 3 aliphatic rings. The minimum atomic E-state index is -0.494. The van der Waals surface area contributed by atoms with Gasteiger partial charge in [0.1, 0.15) is 13.1 Å². The molecular weight excluding hydrogens is 382 g/mol. The average molecular weight is 405 g/mol. The number of rotatable bonds is 3. The van der Waals surface area contributed by atoms with E-state index in [2.05, 4.69) is 10.3 Å². The largest absolute Gasteiger partial charge is 0.340 e. The highest BCUT2D eigenvalue weighted by atomic mass is 16.2. The topological polar surface area (TPSA) is 95.5 Å². The number of hydrogen-bond acceptors (Lipinski definition) is 5. The molecule has 1 N–H and O–H groups in total. The van der Waals surface area contributed by atoms with E-state index in [1.807, 2.05) is 41.4 Å². The number of imide groups is 1. The standard InChI is InChI=1S/C22H23N5O3/c28-17-12-27(21(30)24-17)13-18(29)26-10-4-8-22(14-26)9-7-16-11-23-20(25-19(16)22)15-5-2-1-3-6-15/h1-3,5-6,11H,4,7-10,12-14H2,(H,24,28,30). The van der Waals surface area contributed by atoms with E-state index in [9.17, 15) is 14.4 Å². The number of amides is 4. The van der Waals surface area contributed by atoms with E-state index in [1.165, 1.54) is 4.90 Å². The second kappa shape index (κ2) is 7.19. The molecule has 2 fully saturated rings. The third-order valence-corrected chi connectivity index (χ3v) is 6.40. The Morgan fingerprint density at radius 3 is 2.77 bits per heavy atom. The number of carbonyl (C=O) groups is 3. The number of piperidine rings is 1. The molecule has 1 aliphatic carbocycles. The number of urea groups is 1. The van der Waals surface area contributed by atoms with Gasteiger partial charge in [-0.1, -0.05) is 30.3 Å². The van der Waals surface area contributed by atoms with Gasteiger partial charge in [0.05, 0.1) is 5.69 Å². The first-order chi connectivity index (χ1) is 14.5. The van der Waals surface area contributed by atoms with Crippen LogP contribution in [0.3, 0.4) is 0 Å². The highest BCUT2D eigenvalue weighted by Crippen LogP contribution is 2.44. The number of nitrogens with one attached hydrogen (secondary N) is 1. The quantitative estimate of drug-likeness (QED) is 0.781. The Hall–Kier alpha value is -3.29. The van der Waals surface area contributed by atoms with Gasteiger partial charge in [0.2, 0.25) is 11.8 Å². The van der Waals surface area contributed by atoms with E-state index < -0.39 is 6.03 Å². The molecule has 8 heteroatoms. The number of carbonyl (C=O) groups excluding carboxylic acids is 3. The van der Waals surface area contributed by atoms with Gasteiger partial charge >= 0.3 is 6.03 Å². The Morgan fingerprint density at radius 2 is 2.00 bits per heavy atom. The Balaban J connectivity index is 1.38. The molecule has 5 rings (SSSR count). The molecule has 0 saturated carbocycles. The molecule has 2 aromatic rings. The molecule has 0 radical (unpaired) electrons. The van der Waals surface area contributed by atoms with Crippen molar-refractivity contribution in [2.45, 2.75) is 31.1 Å². The molecule has 2 saturated heterocycles. The van der Waals surface area contributed by atoms with E-state index in [-0.39, 0.29) is 30.3 Å². The van der Waals surface area contributed by atoms with Crippen molar-refractivity contribution in [2.24, 2.45) is 0 Å². The minimum Gasteiger partial charge on any atom is -0.340 e. The average Bonchev–Trinajstić information content (AvgIpc) is 3.27. The zero-order valence-electron chi connectivity index (χ0n) is 16.6. The Morgan fingerprint density at radius 1 is 1.17 bits per heavy atom. The molecule has 3 heterocycles. The van der Waals surface area contributed by atoms with E-state index in [4.69, 9.17) is 4.98 Å². The van der Waals surface area contributed by atoms with Gasteiger partial charge in [-0.25, -0.2) is 14.8 Å². The van der Waals surface area contributed by atoms with Crippen LogP contribution in [0.15, 0.2) is 36.5 Å². The predicted octanol–water partition coefficient (Wildman–Crippen LogP) is 1.50. The first-order valence-corrected chi connectivity index (χ1v) is 10.3. The number of fused-ring (bicyclic) bond motifs is 2. The molecule has 1 aromatic carbocycles. The highest BCUT2D eigenvalue weighted by Gasteiger charge is 2.45. The summed E-state index contributed by atoms with van der Waals surface area (Å²) in [5, 5.41) is 2.22. The number of aryl methyl sites for hydroxylation is 1. The maximum atomic E-state index is 12.9. The van der Waals surface area contributed by atoms with Gasteiger partial charge in [-0.3, -0.25) is 14.9 Å². The van der Waals surface area contributed by atoms with Crippen LogP contribution in [0, 0.1) is 0 Å². The summed E-state index contributed by atoms with van der Waals surface area (Å²) in [4.78, 5) is 48.7. The van der Waals surface area contributed by atoms with E-state index in [1.54, 1.807) is 0 Å². The lowest BCUT2D eigenvalue weighted by Gasteiger charge is -2.41. The molecule has 8 nitrogen and oxygen atoms in total. The Kier molecular flexibility index (Phi) is 4.49. The fourth-order valence-electron chi connectivity index (χ4n) is 4.88. The number of nitrogens with zero attached hydrogens (tertiary/aromatic N) is 4. The first-order valence-electron chi connectivity index (χ1n) is 10.3. The fourth-order valence-corrected chi connectivity index (χ4v) is 4.88. The summed E-state index contributed by atoms with van der Waals surface area (Å²) < 4.78 is 0. The second-order valence-electron chi connectivity index (χ2n) is 8.34. The van der Waals surface area contributed by atoms with Gasteiger partial charge in [-0.15, -0.1) is 0 Å². The minimum absolute atomic E-state index is 0.0555. The van der Waals surface area contributed by atoms with Crippen molar-refractivity contribution in [3.05, 3.63) is 47.8 Å². The van der Waals surface area contributed by atoms with Crippen LogP contribution in [0.2, 0.25) is 0 Å². The molecule has 1 unspecified atom stereocenters. The lowest BCUT2D eigenvalue weighted by molar-refractivity contribution is -0.134. The van der Waals surface area contributed by atoms with E-state index >= 15 is 0 Å². The fraction of sp³-hybridized carbons (Fsp3) is 0.409. The lowest BCUT2D eigenvalue weighted by atomic mass is 9.77. The Labute approximate surface area is 174 Å². The van der Waals surface area contributed by atoms with Crippen LogP contribution in [0.5, 0.6) is 0 Å². The summed E-state index contributed by atoms with van der Waals surface area (Å²) in [6.45, 7) is 1.13. The van der Waals surface area contributed by atoms with Crippen molar-refractivity contribution in [2.75, 3.05) is 26.2 Å². The summed E-state index contributed by atoms with van der Waals surface area (Å²) in [5.41, 5.74) is 3.03. The van der Waals surface area contributed by atoms with Gasteiger partial charge in [-0.05, 0) is 31.2 Å². The number of benzene rings is 1. The molecule has 0 bridgehead atoms. The molecule has 1 atom stereocenters. The van der Waals surface area contributed by atoms with Crippen LogP contribution < -0.4 is 5.32 Å². The van der Waals surface area contributed by atoms with Crippen LogP contribution in [0.4, 0.5) is 4.79 Å². The maximum absolute atomic E-state index is 12.9. The molecule has 154 valence electrons. The third kappa shape index (κ3) is 3.22. The monoisotopic (exact) mass is 405 g/mol. The van der Waals surface area contributed by atoms with Gasteiger partial charge in [-0.2, -0.15) is 0 Å². The summed E-state index contributed by atoms with van der Waals surface area (Å²) in [7, 11) is 0. The van der Waals surface area contributed by atoms with Crippen LogP contribution in [0.1, 0.15) is 30.5 Å². The first kappa shape index (κ1) is 18.7. The summed E-state index contributed by atoms with van der Waals surface area (Å²) in [6.07, 6.45) is 5.66. The van der Waals surface area contributed by atoms with Gasteiger partial charge < -0.3 is 9.80 Å². The molecule has 1 spiro atoms. The SMILES string of the molecule is O=C1CN(CC(=O)N2CCCC3(CCc4cnc(-c5ccccc5)nc43)C2)C(=O)N1. The number of likely N-dealkylation sites (tertiary alicyclic amines) is 1. The summed E-state index contributed by atoms with van der Waals surface area (Å²) in [6, 6.07) is 9.43. The normalized spacial score (nSPS) is 23.1. The smallest absolute Gasteiger partial charge is 0.325 e. The maximum Gasteiger partial charge on any atom is 0.325 e. The zero-order chi connectivity index (χ0) is 20.7. The van der Waals surface area contributed by atoms with Gasteiger partial charge in [0.15, 0.2) is 5.82 Å². The zero-order valence-corrected chi connectivity index (χ0v) is 16.6. The van der Waals surface area contributed by atoms with Crippen molar-refractivity contribution in [3.63, 3.8) is 0 Å². The van der Waals surface area contributed by atoms with E-state index in [0.29, 0.717) is 18.9 Å². The Bertz CT molecular complexity index is 1020. The molecule has 4 amide bonds. The highest BCUT2D eigenvalue weighted by molar-refractivity contribution is 6.03. The van der Waals surface area contributed by atoms with Crippen LogP contribution >= 0.6 is 0 Å². The molecular formula is C22H23N5O3. The summed E-state index contributed by atoms with van der Waals surface area (Å²) >= 11 is 0. The van der Waals surface area contributed by atoms with Crippen molar-refractivity contribution >= 4 is 17.8 Å². The molecule has 2 aliphatic heterocycles. The van der Waals surface area contributed by atoms with Crippen molar-refractivity contribution in [3.8, 4) is 11.4 Å². The van der Waals surface area contributed by atoms with Crippen LogP contribution in [-0.2, 0) is 21.4 Å². The van der Waals surface area contributed by atoms with Gasteiger partial charge in [0, 0.05) is 30.3 Å². The van der Waals surface area contributed by atoms with Crippen LogP contribution in [-0.4, -0.2) is 63.8 Å². The number of aromatic nitrogens is 2. The van der Waals surface area contributed by atoms with Crippen LogP contribution in [0.25, 0.3) is 11.4 Å².